The van der Waals surface area contributed by atoms with Crippen LogP contribution in [-0.2, 0) is 4.79 Å². The Bertz CT molecular complexity index is 443. The largest absolute Gasteiger partial charge is 0.506 e. The van der Waals surface area contributed by atoms with Crippen molar-refractivity contribution in [2.75, 3.05) is 11.9 Å². The molecule has 0 aromatic heterocycles. The van der Waals surface area contributed by atoms with E-state index in [4.69, 9.17) is 10.2 Å². The van der Waals surface area contributed by atoms with Crippen molar-refractivity contribution in [3.05, 3.63) is 23.8 Å². The van der Waals surface area contributed by atoms with Gasteiger partial charge in [-0.2, -0.15) is 0 Å². The van der Waals surface area contributed by atoms with E-state index in [9.17, 15) is 14.7 Å². The topological polar surface area (TPSA) is 107 Å². The Morgan fingerprint density at radius 2 is 2.00 bits per heavy atom. The Hall–Kier alpha value is -2.24. The summed E-state index contributed by atoms with van der Waals surface area (Å²) >= 11 is 0. The van der Waals surface area contributed by atoms with Crippen LogP contribution in [0.15, 0.2) is 18.2 Å². The molecular formula is C11H13NO5. The van der Waals surface area contributed by atoms with Gasteiger partial charge in [0.2, 0.25) is 0 Å². The lowest BCUT2D eigenvalue weighted by molar-refractivity contribution is -0.140. The fourth-order valence-electron chi connectivity index (χ4n) is 1.16. The first-order valence-electron chi connectivity index (χ1n) is 4.94. The predicted molar refractivity (Wildman–Crippen MR) is 60.4 cm³/mol. The number of carboxylic acids is 2. The highest BCUT2D eigenvalue weighted by atomic mass is 16.4. The molecule has 1 aromatic rings. The normalized spacial score (nSPS) is 11.8. The molecular weight excluding hydrogens is 226 g/mol. The third-order valence-electron chi connectivity index (χ3n) is 2.26. The van der Waals surface area contributed by atoms with Crippen LogP contribution in [0.25, 0.3) is 0 Å². The minimum Gasteiger partial charge on any atom is -0.506 e. The van der Waals surface area contributed by atoms with Crippen LogP contribution >= 0.6 is 0 Å². The maximum atomic E-state index is 10.6. The van der Waals surface area contributed by atoms with E-state index in [1.165, 1.54) is 19.1 Å². The van der Waals surface area contributed by atoms with Crippen LogP contribution < -0.4 is 5.32 Å². The molecule has 1 aromatic carbocycles. The maximum absolute atomic E-state index is 10.6. The number of aromatic hydroxyl groups is 1. The van der Waals surface area contributed by atoms with Crippen molar-refractivity contribution in [2.24, 2.45) is 5.92 Å². The monoisotopic (exact) mass is 239 g/mol. The molecule has 0 bridgehead atoms. The molecule has 0 fully saturated rings. The van der Waals surface area contributed by atoms with E-state index in [1.807, 2.05) is 0 Å². The highest BCUT2D eigenvalue weighted by Gasteiger charge is 2.12. The van der Waals surface area contributed by atoms with Crippen LogP contribution in [0.3, 0.4) is 0 Å². The average Bonchev–Trinajstić information content (AvgIpc) is 2.26. The number of benzene rings is 1. The van der Waals surface area contributed by atoms with Crippen LogP contribution in [0.5, 0.6) is 5.75 Å². The van der Waals surface area contributed by atoms with Crippen LogP contribution in [-0.4, -0.2) is 33.8 Å². The third-order valence-corrected chi connectivity index (χ3v) is 2.26. The molecule has 0 saturated carbocycles. The van der Waals surface area contributed by atoms with Gasteiger partial charge in [0.15, 0.2) is 0 Å². The van der Waals surface area contributed by atoms with Crippen LogP contribution in [0, 0.1) is 5.92 Å². The van der Waals surface area contributed by atoms with Gasteiger partial charge >= 0.3 is 11.9 Å². The second-order valence-electron chi connectivity index (χ2n) is 3.66. The van der Waals surface area contributed by atoms with Crippen molar-refractivity contribution in [2.45, 2.75) is 6.92 Å². The van der Waals surface area contributed by atoms with Gasteiger partial charge in [0, 0.05) is 6.54 Å². The molecule has 0 aliphatic heterocycles. The molecule has 4 N–H and O–H groups in total. The standard InChI is InChI=1S/C11H13NO5/c1-6(10(14)15)5-12-8-3-2-7(11(16)17)4-9(8)13/h2-4,6,12-13H,5H2,1H3,(H,14,15)(H,16,17). The summed E-state index contributed by atoms with van der Waals surface area (Å²) in [5, 5.41) is 29.6. The van der Waals surface area contributed by atoms with Gasteiger partial charge in [-0.05, 0) is 18.2 Å². The SMILES string of the molecule is CC(CNc1ccc(C(=O)O)cc1O)C(=O)O. The summed E-state index contributed by atoms with van der Waals surface area (Å²) in [4.78, 5) is 21.2. The minimum atomic E-state index is -1.13. The molecule has 1 rings (SSSR count). The number of aromatic carboxylic acids is 1. The number of phenolic OH excluding ortho intramolecular Hbond substituents is 1. The molecule has 0 saturated heterocycles. The first-order valence-corrected chi connectivity index (χ1v) is 4.94. The fraction of sp³-hybridized carbons (Fsp3) is 0.273. The van der Waals surface area contributed by atoms with Crippen LogP contribution in [0.1, 0.15) is 17.3 Å². The van der Waals surface area contributed by atoms with Crippen LogP contribution in [0.2, 0.25) is 0 Å². The van der Waals surface area contributed by atoms with Gasteiger partial charge in [-0.1, -0.05) is 6.92 Å². The summed E-state index contributed by atoms with van der Waals surface area (Å²) in [5.74, 6) is -2.90. The predicted octanol–water partition coefficient (Wildman–Crippen LogP) is 1.22. The van der Waals surface area contributed by atoms with Gasteiger partial charge in [-0.15, -0.1) is 0 Å². The van der Waals surface area contributed by atoms with Gasteiger partial charge in [0.25, 0.3) is 0 Å². The first-order chi connectivity index (χ1) is 7.91. The maximum Gasteiger partial charge on any atom is 0.335 e. The lowest BCUT2D eigenvalue weighted by Crippen LogP contribution is -2.19. The number of rotatable bonds is 5. The van der Waals surface area contributed by atoms with Gasteiger partial charge in [0.05, 0.1) is 17.2 Å². The van der Waals surface area contributed by atoms with Gasteiger partial charge in [-0.3, -0.25) is 4.79 Å². The Labute approximate surface area is 97.5 Å². The first kappa shape index (κ1) is 12.8. The molecule has 0 aliphatic carbocycles. The van der Waals surface area contributed by atoms with E-state index in [0.717, 1.165) is 6.07 Å². The zero-order valence-electron chi connectivity index (χ0n) is 9.17. The number of aliphatic carboxylic acids is 1. The Morgan fingerprint density at radius 3 is 2.47 bits per heavy atom. The molecule has 6 nitrogen and oxygen atoms in total. The molecule has 0 radical (unpaired) electrons. The molecule has 17 heavy (non-hydrogen) atoms. The van der Waals surface area contributed by atoms with Crippen molar-refractivity contribution in [3.8, 4) is 5.75 Å². The summed E-state index contributed by atoms with van der Waals surface area (Å²) in [6.07, 6.45) is 0. The lowest BCUT2D eigenvalue weighted by Gasteiger charge is -2.11. The average molecular weight is 239 g/mol. The van der Waals surface area contributed by atoms with Crippen molar-refractivity contribution >= 4 is 17.6 Å². The van der Waals surface area contributed by atoms with E-state index in [-0.39, 0.29) is 17.9 Å². The zero-order valence-corrected chi connectivity index (χ0v) is 9.17. The lowest BCUT2D eigenvalue weighted by atomic mass is 10.1. The molecule has 0 heterocycles. The van der Waals surface area contributed by atoms with Crippen molar-refractivity contribution in [3.63, 3.8) is 0 Å². The number of nitrogens with one attached hydrogen (secondary N) is 1. The third kappa shape index (κ3) is 3.37. The van der Waals surface area contributed by atoms with Gasteiger partial charge in [-0.25, -0.2) is 4.79 Å². The smallest absolute Gasteiger partial charge is 0.335 e. The van der Waals surface area contributed by atoms with E-state index < -0.39 is 17.9 Å². The fourth-order valence-corrected chi connectivity index (χ4v) is 1.16. The summed E-state index contributed by atoms with van der Waals surface area (Å²) in [5.41, 5.74) is 0.280. The summed E-state index contributed by atoms with van der Waals surface area (Å²) < 4.78 is 0. The molecule has 0 spiro atoms. The summed E-state index contributed by atoms with van der Waals surface area (Å²) in [6.45, 7) is 1.67. The summed E-state index contributed by atoms with van der Waals surface area (Å²) in [7, 11) is 0. The molecule has 92 valence electrons. The van der Waals surface area contributed by atoms with Gasteiger partial charge in [0.1, 0.15) is 5.75 Å². The zero-order chi connectivity index (χ0) is 13.0. The molecule has 0 aliphatic rings. The number of carbonyl (C=O) groups is 2. The van der Waals surface area contributed by atoms with Crippen LogP contribution in [0.4, 0.5) is 5.69 Å². The Kier molecular flexibility index (Phi) is 3.92. The number of carboxylic acid groups (broad SMARTS) is 2. The quantitative estimate of drug-likeness (QED) is 0.575. The summed E-state index contributed by atoms with van der Waals surface area (Å²) in [6, 6.07) is 3.83. The number of hydrogen-bond donors (Lipinski definition) is 4. The molecule has 1 unspecified atom stereocenters. The van der Waals surface area contributed by atoms with Gasteiger partial charge < -0.3 is 20.6 Å². The van der Waals surface area contributed by atoms with E-state index >= 15 is 0 Å². The highest BCUT2D eigenvalue weighted by molar-refractivity contribution is 5.89. The second kappa shape index (κ2) is 5.20. The van der Waals surface area contributed by atoms with E-state index in [2.05, 4.69) is 5.32 Å². The highest BCUT2D eigenvalue weighted by Crippen LogP contribution is 2.24. The Balaban J connectivity index is 2.73. The van der Waals surface area contributed by atoms with E-state index in [1.54, 1.807) is 0 Å². The number of hydrogen-bond acceptors (Lipinski definition) is 4. The van der Waals surface area contributed by atoms with E-state index in [0.29, 0.717) is 5.69 Å². The molecule has 6 heteroatoms. The number of anilines is 1. The van der Waals surface area contributed by atoms with Crippen molar-refractivity contribution in [1.82, 2.24) is 0 Å². The second-order valence-corrected chi connectivity index (χ2v) is 3.66. The van der Waals surface area contributed by atoms with Crippen molar-refractivity contribution in [1.29, 1.82) is 0 Å². The number of phenols is 1. The minimum absolute atomic E-state index is 0.0284. The molecule has 1 atom stereocenters. The van der Waals surface area contributed by atoms with Crippen molar-refractivity contribution < 1.29 is 24.9 Å². The Morgan fingerprint density at radius 1 is 1.35 bits per heavy atom. The molecule has 0 amide bonds.